The van der Waals surface area contributed by atoms with E-state index >= 15 is 0 Å². The summed E-state index contributed by atoms with van der Waals surface area (Å²) in [4.78, 5) is 10.5. The minimum Gasteiger partial charge on any atom is -0.363 e. The molecule has 1 saturated carbocycles. The van der Waals surface area contributed by atoms with E-state index in [1.165, 1.54) is 12.8 Å². The lowest BCUT2D eigenvalue weighted by atomic mass is 10.1. The Bertz CT molecular complexity index is 798. The topological polar surface area (TPSA) is 64.7 Å². The molecule has 0 radical (unpaired) electrons. The summed E-state index contributed by atoms with van der Waals surface area (Å²) in [5.74, 6) is 0.934. The van der Waals surface area contributed by atoms with Crippen LogP contribution in [0, 0.1) is 5.41 Å². The van der Waals surface area contributed by atoms with Gasteiger partial charge in [-0.2, -0.15) is 0 Å². The van der Waals surface area contributed by atoms with Crippen molar-refractivity contribution in [3.05, 3.63) is 43.2 Å². The van der Waals surface area contributed by atoms with Crippen LogP contribution in [0.3, 0.4) is 0 Å². The Morgan fingerprint density at radius 2 is 2.08 bits per heavy atom. The summed E-state index contributed by atoms with van der Waals surface area (Å²) in [6.45, 7) is 1.88. The second kappa shape index (κ2) is 5.74. The molecule has 3 aromatic rings. The van der Waals surface area contributed by atoms with Crippen LogP contribution in [0.15, 0.2) is 43.2 Å². The van der Waals surface area contributed by atoms with Crippen LogP contribution in [0.5, 0.6) is 0 Å². The second-order valence-electron chi connectivity index (χ2n) is 6.84. The van der Waals surface area contributed by atoms with Crippen molar-refractivity contribution in [1.29, 1.82) is 0 Å². The second-order valence-corrected chi connectivity index (χ2v) is 6.84. The third kappa shape index (κ3) is 3.02. The summed E-state index contributed by atoms with van der Waals surface area (Å²) < 4.78 is 4.11. The van der Waals surface area contributed by atoms with Gasteiger partial charge in [0, 0.05) is 50.2 Å². The summed E-state index contributed by atoms with van der Waals surface area (Å²) in [5.41, 5.74) is 2.15. The van der Waals surface area contributed by atoms with Crippen molar-refractivity contribution in [3.63, 3.8) is 0 Å². The lowest BCUT2D eigenvalue weighted by Crippen LogP contribution is -2.18. The summed E-state index contributed by atoms with van der Waals surface area (Å²) >= 11 is 0. The third-order valence-electron chi connectivity index (χ3n) is 4.57. The summed E-state index contributed by atoms with van der Waals surface area (Å²) in [5, 5.41) is 8.62. The first-order chi connectivity index (χ1) is 11.6. The Morgan fingerprint density at radius 1 is 1.21 bits per heavy atom. The number of nitrogens with zero attached hydrogens (tertiary/aromatic N) is 7. The van der Waals surface area contributed by atoms with Gasteiger partial charge in [-0.15, -0.1) is 5.10 Å². The molecule has 1 aliphatic rings. The number of pyridine rings is 1. The Hall–Kier alpha value is -2.70. The molecule has 0 unspecified atom stereocenters. The van der Waals surface area contributed by atoms with Crippen molar-refractivity contribution >= 4 is 5.82 Å². The van der Waals surface area contributed by atoms with E-state index in [-0.39, 0.29) is 0 Å². The van der Waals surface area contributed by atoms with E-state index in [9.17, 15) is 0 Å². The zero-order valence-electron chi connectivity index (χ0n) is 14.0. The minimum atomic E-state index is 0.290. The number of hydrogen-bond donors (Lipinski definition) is 0. The van der Waals surface area contributed by atoms with E-state index < -0.39 is 0 Å². The quantitative estimate of drug-likeness (QED) is 0.695. The van der Waals surface area contributed by atoms with Gasteiger partial charge in [-0.05, 0) is 25.0 Å². The molecule has 0 atom stereocenters. The van der Waals surface area contributed by atoms with Crippen molar-refractivity contribution < 1.29 is 0 Å². The number of rotatable bonds is 6. The molecule has 0 aliphatic heterocycles. The van der Waals surface area contributed by atoms with Crippen molar-refractivity contribution in [2.24, 2.45) is 5.41 Å². The fourth-order valence-corrected chi connectivity index (χ4v) is 2.96. The maximum atomic E-state index is 4.44. The molecule has 0 bridgehead atoms. The van der Waals surface area contributed by atoms with Crippen LogP contribution in [0.2, 0.25) is 0 Å². The highest BCUT2D eigenvalue weighted by molar-refractivity contribution is 5.58. The van der Waals surface area contributed by atoms with Gasteiger partial charge in [0.25, 0.3) is 0 Å². The average Bonchev–Trinajstić information content (AvgIpc) is 2.98. The van der Waals surface area contributed by atoms with Gasteiger partial charge in [0.05, 0.1) is 19.1 Å². The van der Waals surface area contributed by atoms with Crippen molar-refractivity contribution in [1.82, 2.24) is 29.5 Å². The Balaban J connectivity index is 1.47. The summed E-state index contributed by atoms with van der Waals surface area (Å²) in [6.07, 6.45) is 12.0. The van der Waals surface area contributed by atoms with Gasteiger partial charge in [-0.25, -0.2) is 9.97 Å². The first-order valence-electron chi connectivity index (χ1n) is 8.13. The van der Waals surface area contributed by atoms with Gasteiger partial charge in [0.15, 0.2) is 0 Å². The van der Waals surface area contributed by atoms with Crippen LogP contribution in [0.1, 0.15) is 12.8 Å². The normalized spacial score (nSPS) is 15.4. The molecule has 0 N–H and O–H groups in total. The monoisotopic (exact) mass is 323 g/mol. The standard InChI is InChI=1S/C17H21N7/c1-22(2)16-4-3-14(9-19-16)15-10-24(21-20-15)12-17(5-6-17)11-23-8-7-18-13-23/h3-4,7-10,13H,5-6,11-12H2,1-2H3. The molecule has 0 aromatic carbocycles. The molecule has 7 heteroatoms. The molecule has 1 fully saturated rings. The molecule has 0 spiro atoms. The zero-order chi connectivity index (χ0) is 16.6. The van der Waals surface area contributed by atoms with Crippen LogP contribution >= 0.6 is 0 Å². The van der Waals surface area contributed by atoms with Crippen molar-refractivity contribution in [2.75, 3.05) is 19.0 Å². The molecule has 3 aromatic heterocycles. The smallest absolute Gasteiger partial charge is 0.127 e. The van der Waals surface area contributed by atoms with E-state index in [1.807, 2.05) is 66.9 Å². The fourth-order valence-electron chi connectivity index (χ4n) is 2.96. The van der Waals surface area contributed by atoms with Gasteiger partial charge in [0.1, 0.15) is 11.5 Å². The summed E-state index contributed by atoms with van der Waals surface area (Å²) in [6, 6.07) is 4.03. The van der Waals surface area contributed by atoms with Crippen LogP contribution < -0.4 is 4.90 Å². The van der Waals surface area contributed by atoms with E-state index in [2.05, 4.69) is 24.8 Å². The van der Waals surface area contributed by atoms with E-state index in [4.69, 9.17) is 0 Å². The predicted molar refractivity (Wildman–Crippen MR) is 91.5 cm³/mol. The first kappa shape index (κ1) is 14.9. The maximum absolute atomic E-state index is 4.44. The number of imidazole rings is 1. The van der Waals surface area contributed by atoms with Crippen LogP contribution in [0.25, 0.3) is 11.3 Å². The number of hydrogen-bond acceptors (Lipinski definition) is 5. The first-order valence-corrected chi connectivity index (χ1v) is 8.13. The van der Waals surface area contributed by atoms with Gasteiger partial charge in [-0.3, -0.25) is 4.68 Å². The molecule has 1 aliphatic carbocycles. The molecule has 0 amide bonds. The molecule has 7 nitrogen and oxygen atoms in total. The van der Waals surface area contributed by atoms with E-state index in [1.54, 1.807) is 0 Å². The Morgan fingerprint density at radius 3 is 2.71 bits per heavy atom. The maximum Gasteiger partial charge on any atom is 0.127 e. The van der Waals surface area contributed by atoms with Gasteiger partial charge < -0.3 is 9.47 Å². The van der Waals surface area contributed by atoms with E-state index in [0.29, 0.717) is 5.41 Å². The van der Waals surface area contributed by atoms with E-state index in [0.717, 1.165) is 30.2 Å². The third-order valence-corrected chi connectivity index (χ3v) is 4.57. The highest BCUT2D eigenvalue weighted by atomic mass is 15.4. The van der Waals surface area contributed by atoms with Crippen LogP contribution in [-0.2, 0) is 13.1 Å². The molecule has 24 heavy (non-hydrogen) atoms. The molecule has 124 valence electrons. The Labute approximate surface area is 141 Å². The average molecular weight is 323 g/mol. The number of aromatic nitrogens is 6. The molecular formula is C17H21N7. The molecule has 4 rings (SSSR count). The SMILES string of the molecule is CN(C)c1ccc(-c2cn(CC3(Cn4ccnc4)CC3)nn2)cn1. The number of anilines is 1. The zero-order valence-corrected chi connectivity index (χ0v) is 14.0. The highest BCUT2D eigenvalue weighted by Crippen LogP contribution is 2.48. The Kier molecular flexibility index (Phi) is 3.55. The van der Waals surface area contributed by atoms with Crippen LogP contribution in [0.4, 0.5) is 5.82 Å². The lowest BCUT2D eigenvalue weighted by molar-refractivity contribution is 0.340. The lowest BCUT2D eigenvalue weighted by Gasteiger charge is -2.15. The highest BCUT2D eigenvalue weighted by Gasteiger charge is 2.43. The molecule has 3 heterocycles. The fraction of sp³-hybridized carbons (Fsp3) is 0.412. The van der Waals surface area contributed by atoms with Crippen molar-refractivity contribution in [3.8, 4) is 11.3 Å². The van der Waals surface area contributed by atoms with Crippen LogP contribution in [-0.4, -0.2) is 43.6 Å². The van der Waals surface area contributed by atoms with Gasteiger partial charge >= 0.3 is 0 Å². The predicted octanol–water partition coefficient (Wildman–Crippen LogP) is 2.08. The molecular weight excluding hydrogens is 302 g/mol. The summed E-state index contributed by atoms with van der Waals surface area (Å²) in [7, 11) is 3.96. The minimum absolute atomic E-state index is 0.290. The largest absolute Gasteiger partial charge is 0.363 e. The van der Waals surface area contributed by atoms with Gasteiger partial charge in [-0.1, -0.05) is 5.21 Å². The molecule has 0 saturated heterocycles. The van der Waals surface area contributed by atoms with Crippen molar-refractivity contribution in [2.45, 2.75) is 25.9 Å². The van der Waals surface area contributed by atoms with Gasteiger partial charge in [0.2, 0.25) is 0 Å².